The van der Waals surface area contributed by atoms with Crippen molar-refractivity contribution in [2.75, 3.05) is 0 Å². The van der Waals surface area contributed by atoms with Crippen LogP contribution in [0.1, 0.15) is 48.5 Å². The van der Waals surface area contributed by atoms with E-state index in [1.165, 1.54) is 0 Å². The fourth-order valence-electron chi connectivity index (χ4n) is 1.66. The van der Waals surface area contributed by atoms with Crippen molar-refractivity contribution in [1.82, 2.24) is 0 Å². The van der Waals surface area contributed by atoms with E-state index in [2.05, 4.69) is 48.5 Å². The number of hydrogen-bond acceptors (Lipinski definition) is 2. The maximum atomic E-state index is 5.25. The van der Waals surface area contributed by atoms with Crippen molar-refractivity contribution in [3.63, 3.8) is 0 Å². The van der Waals surface area contributed by atoms with Gasteiger partial charge in [0.2, 0.25) is 5.79 Å². The first kappa shape index (κ1) is 11.0. The summed E-state index contributed by atoms with van der Waals surface area (Å²) in [6, 6.07) is 0. The quantitative estimate of drug-likeness (QED) is 0.463. The second-order valence-electron chi connectivity index (χ2n) is 6.17. The van der Waals surface area contributed by atoms with Gasteiger partial charge in [0.25, 0.3) is 0 Å². The summed E-state index contributed by atoms with van der Waals surface area (Å²) in [4.78, 5) is 10.5. The van der Waals surface area contributed by atoms with E-state index < -0.39 is 0 Å². The molecule has 1 aliphatic heterocycles. The third-order valence-corrected chi connectivity index (χ3v) is 3.18. The highest BCUT2D eigenvalue weighted by molar-refractivity contribution is 4.96. The van der Waals surface area contributed by atoms with E-state index in [0.29, 0.717) is 5.92 Å². The smallest absolute Gasteiger partial charge is 0.194 e. The van der Waals surface area contributed by atoms with Crippen LogP contribution in [0.15, 0.2) is 0 Å². The lowest BCUT2D eigenvalue weighted by molar-refractivity contribution is 0.0371. The molecule has 0 amide bonds. The lowest BCUT2D eigenvalue weighted by atomic mass is 9.69. The zero-order chi connectivity index (χ0) is 10.5. The lowest BCUT2D eigenvalue weighted by Gasteiger charge is -2.36. The summed E-state index contributed by atoms with van der Waals surface area (Å²) in [6.07, 6.45) is 0. The van der Waals surface area contributed by atoms with Crippen LogP contribution >= 0.6 is 0 Å². The minimum Gasteiger partial charge on any atom is -0.194 e. The number of hydrogen-bond donors (Lipinski definition) is 0. The molecule has 1 rings (SSSR count). The van der Waals surface area contributed by atoms with Gasteiger partial charge >= 0.3 is 0 Å². The molecule has 0 bridgehead atoms. The molecule has 78 valence electrons. The highest BCUT2D eigenvalue weighted by Crippen LogP contribution is 2.55. The zero-order valence-corrected chi connectivity index (χ0v) is 9.89. The standard InChI is InChI=1S/C11H22O2/c1-8(9(2,3)4)11(12-13-11)10(5,6)7/h8H,1-7H3. The van der Waals surface area contributed by atoms with E-state index in [9.17, 15) is 0 Å². The first-order valence-electron chi connectivity index (χ1n) is 4.98. The molecule has 0 aromatic carbocycles. The van der Waals surface area contributed by atoms with Gasteiger partial charge < -0.3 is 0 Å². The molecule has 13 heavy (non-hydrogen) atoms. The summed E-state index contributed by atoms with van der Waals surface area (Å²) in [5.74, 6) is 0.0191. The first-order valence-corrected chi connectivity index (χ1v) is 4.98. The average molecular weight is 186 g/mol. The van der Waals surface area contributed by atoms with Gasteiger partial charge in [-0.05, 0) is 5.41 Å². The van der Waals surface area contributed by atoms with Crippen molar-refractivity contribution in [3.8, 4) is 0 Å². The monoisotopic (exact) mass is 186 g/mol. The summed E-state index contributed by atoms with van der Waals surface area (Å²) < 4.78 is 0. The predicted octanol–water partition coefficient (Wildman–Crippen LogP) is 3.37. The molecule has 1 aliphatic rings. The Morgan fingerprint density at radius 2 is 1.31 bits per heavy atom. The van der Waals surface area contributed by atoms with E-state index in [4.69, 9.17) is 9.78 Å². The second-order valence-corrected chi connectivity index (χ2v) is 6.17. The molecule has 1 unspecified atom stereocenters. The Hall–Kier alpha value is -0.0800. The van der Waals surface area contributed by atoms with Crippen LogP contribution in [0, 0.1) is 16.7 Å². The minimum absolute atomic E-state index is 0.0414. The second kappa shape index (κ2) is 2.71. The molecule has 1 heterocycles. The molecule has 0 aromatic rings. The maximum absolute atomic E-state index is 5.25. The van der Waals surface area contributed by atoms with Gasteiger partial charge in [-0.25, -0.2) is 0 Å². The molecule has 1 saturated heterocycles. The Balaban J connectivity index is 2.83. The van der Waals surface area contributed by atoms with Crippen LogP contribution in [0.5, 0.6) is 0 Å². The minimum atomic E-state index is -0.370. The van der Waals surface area contributed by atoms with Crippen LogP contribution in [0.2, 0.25) is 0 Å². The molecule has 0 aromatic heterocycles. The van der Waals surface area contributed by atoms with Crippen molar-refractivity contribution in [2.45, 2.75) is 54.3 Å². The van der Waals surface area contributed by atoms with Gasteiger partial charge in [-0.3, -0.25) is 0 Å². The average Bonchev–Trinajstić information content (AvgIpc) is 2.60. The van der Waals surface area contributed by atoms with Crippen molar-refractivity contribution < 1.29 is 9.78 Å². The fourth-order valence-corrected chi connectivity index (χ4v) is 1.66. The molecule has 0 aliphatic carbocycles. The summed E-state index contributed by atoms with van der Waals surface area (Å²) in [6.45, 7) is 15.3. The summed E-state index contributed by atoms with van der Waals surface area (Å²) in [7, 11) is 0. The third kappa shape index (κ3) is 1.75. The highest BCUT2D eigenvalue weighted by Gasteiger charge is 2.64. The van der Waals surface area contributed by atoms with Crippen LogP contribution in [-0.4, -0.2) is 5.79 Å². The normalized spacial score (nSPS) is 24.2. The van der Waals surface area contributed by atoms with Crippen molar-refractivity contribution in [2.24, 2.45) is 16.7 Å². The summed E-state index contributed by atoms with van der Waals surface area (Å²) >= 11 is 0. The first-order chi connectivity index (χ1) is 5.61. The Morgan fingerprint density at radius 1 is 0.923 bits per heavy atom. The molecule has 0 saturated carbocycles. The maximum Gasteiger partial charge on any atom is 0.241 e. The van der Waals surface area contributed by atoms with Gasteiger partial charge in [0.1, 0.15) is 0 Å². The molecule has 0 spiro atoms. The van der Waals surface area contributed by atoms with E-state index >= 15 is 0 Å². The number of rotatable bonds is 1. The molecule has 2 nitrogen and oxygen atoms in total. The SMILES string of the molecule is CC(C(C)(C)C)C1(C(C)(C)C)OO1. The van der Waals surface area contributed by atoms with Crippen LogP contribution in [0.3, 0.4) is 0 Å². The molecule has 1 fully saturated rings. The van der Waals surface area contributed by atoms with E-state index in [1.807, 2.05) is 0 Å². The van der Waals surface area contributed by atoms with Crippen molar-refractivity contribution >= 4 is 0 Å². The van der Waals surface area contributed by atoms with Gasteiger partial charge in [-0.2, -0.15) is 9.78 Å². The Kier molecular flexibility index (Phi) is 2.29. The Labute approximate surface area is 81.5 Å². The summed E-state index contributed by atoms with van der Waals surface area (Å²) in [5, 5.41) is 0. The zero-order valence-electron chi connectivity index (χ0n) is 9.89. The molecule has 0 N–H and O–H groups in total. The van der Waals surface area contributed by atoms with Crippen molar-refractivity contribution in [3.05, 3.63) is 0 Å². The molecular weight excluding hydrogens is 164 g/mol. The lowest BCUT2D eigenvalue weighted by Crippen LogP contribution is -2.42. The largest absolute Gasteiger partial charge is 0.241 e. The van der Waals surface area contributed by atoms with Gasteiger partial charge in [0.15, 0.2) is 0 Å². The Morgan fingerprint density at radius 3 is 1.38 bits per heavy atom. The van der Waals surface area contributed by atoms with E-state index in [1.54, 1.807) is 0 Å². The van der Waals surface area contributed by atoms with Crippen LogP contribution in [0.4, 0.5) is 0 Å². The van der Waals surface area contributed by atoms with Crippen molar-refractivity contribution in [1.29, 1.82) is 0 Å². The van der Waals surface area contributed by atoms with E-state index in [-0.39, 0.29) is 16.6 Å². The van der Waals surface area contributed by atoms with Gasteiger partial charge in [-0.15, -0.1) is 0 Å². The van der Waals surface area contributed by atoms with Gasteiger partial charge in [0, 0.05) is 11.3 Å². The molecular formula is C11H22O2. The Bertz CT molecular complexity index is 191. The van der Waals surface area contributed by atoms with Crippen LogP contribution in [0.25, 0.3) is 0 Å². The fraction of sp³-hybridized carbons (Fsp3) is 1.00. The third-order valence-electron chi connectivity index (χ3n) is 3.18. The van der Waals surface area contributed by atoms with Crippen LogP contribution in [-0.2, 0) is 9.78 Å². The van der Waals surface area contributed by atoms with Gasteiger partial charge in [0.05, 0.1) is 0 Å². The van der Waals surface area contributed by atoms with E-state index in [0.717, 1.165) is 0 Å². The topological polar surface area (TPSA) is 25.1 Å². The predicted molar refractivity (Wildman–Crippen MR) is 53.0 cm³/mol. The molecule has 1 atom stereocenters. The van der Waals surface area contributed by atoms with Gasteiger partial charge in [-0.1, -0.05) is 48.5 Å². The summed E-state index contributed by atoms with van der Waals surface area (Å²) in [5.41, 5.74) is 0.253. The van der Waals surface area contributed by atoms with Crippen LogP contribution < -0.4 is 0 Å². The highest BCUT2D eigenvalue weighted by atomic mass is 17.4. The molecule has 0 radical (unpaired) electrons. The molecule has 2 heteroatoms.